The summed E-state index contributed by atoms with van der Waals surface area (Å²) in [7, 11) is 2.17. The number of hydrogen-bond donors (Lipinski definition) is 0. The molecule has 0 spiro atoms. The van der Waals surface area contributed by atoms with Crippen LogP contribution in [0.5, 0.6) is 0 Å². The average Bonchev–Trinajstić information content (AvgIpc) is 2.91. The summed E-state index contributed by atoms with van der Waals surface area (Å²) in [5.74, 6) is 4.83. The highest BCUT2D eigenvalue weighted by atomic mass is 16.2. The van der Waals surface area contributed by atoms with E-state index in [2.05, 4.69) is 33.9 Å². The monoisotopic (exact) mass is 329 g/mol. The molecule has 5 aliphatic rings. The number of allylic oxidation sites excluding steroid dienone is 2. The molecule has 2 saturated carbocycles. The molecule has 5 rings (SSSR count). The first-order valence-electron chi connectivity index (χ1n) is 10.1. The lowest BCUT2D eigenvalue weighted by Crippen LogP contribution is -2.39. The van der Waals surface area contributed by atoms with Crippen LogP contribution in [0.4, 0.5) is 0 Å². The lowest BCUT2D eigenvalue weighted by atomic mass is 9.93. The minimum Gasteiger partial charge on any atom is -0.341 e. The number of piperidine rings is 1. The fourth-order valence-electron chi connectivity index (χ4n) is 6.04. The molecule has 24 heavy (non-hydrogen) atoms. The lowest BCUT2D eigenvalue weighted by Gasteiger charge is -2.27. The van der Waals surface area contributed by atoms with E-state index in [1.54, 1.807) is 0 Å². The topological polar surface area (TPSA) is 26.8 Å². The summed E-state index contributed by atoms with van der Waals surface area (Å²) in [6.07, 6.45) is 8.87. The van der Waals surface area contributed by atoms with Gasteiger partial charge in [0.15, 0.2) is 0 Å². The highest BCUT2D eigenvalue weighted by Gasteiger charge is 2.60. The maximum atomic E-state index is 12.9. The Kier molecular flexibility index (Phi) is 3.75. The zero-order valence-electron chi connectivity index (χ0n) is 14.9. The van der Waals surface area contributed by atoms with Crippen LogP contribution in [0.3, 0.4) is 0 Å². The number of rotatable bonds is 3. The molecule has 2 bridgehead atoms. The van der Waals surface area contributed by atoms with Gasteiger partial charge in [0.1, 0.15) is 0 Å². The van der Waals surface area contributed by atoms with Crippen molar-refractivity contribution in [1.82, 2.24) is 14.7 Å². The molecule has 132 valence electrons. The van der Waals surface area contributed by atoms with Crippen LogP contribution in [0.25, 0.3) is 0 Å². The van der Waals surface area contributed by atoms with Crippen LogP contribution in [0, 0.1) is 35.5 Å². The second kappa shape index (κ2) is 5.84. The third-order valence-electron chi connectivity index (χ3n) is 7.50. The van der Waals surface area contributed by atoms with Crippen molar-refractivity contribution in [2.24, 2.45) is 35.5 Å². The molecule has 2 aliphatic heterocycles. The van der Waals surface area contributed by atoms with Gasteiger partial charge in [-0.15, -0.1) is 0 Å². The molecule has 4 fully saturated rings. The number of likely N-dealkylation sites (N-methyl/N-ethyl adjacent to an activating group) is 1. The predicted molar refractivity (Wildman–Crippen MR) is 94.4 cm³/mol. The van der Waals surface area contributed by atoms with Gasteiger partial charge in [-0.1, -0.05) is 12.2 Å². The van der Waals surface area contributed by atoms with Gasteiger partial charge in [0.05, 0.1) is 0 Å². The number of carbonyl (C=O) groups excluding carboxylic acids is 1. The Morgan fingerprint density at radius 2 is 1.88 bits per heavy atom. The summed E-state index contributed by atoms with van der Waals surface area (Å²) < 4.78 is 0. The summed E-state index contributed by atoms with van der Waals surface area (Å²) in [6, 6.07) is 0. The van der Waals surface area contributed by atoms with Crippen molar-refractivity contribution in [3.05, 3.63) is 12.2 Å². The normalized spacial score (nSPS) is 44.8. The third kappa shape index (κ3) is 2.62. The van der Waals surface area contributed by atoms with Crippen LogP contribution in [0.2, 0.25) is 0 Å². The van der Waals surface area contributed by atoms with E-state index in [1.165, 1.54) is 32.5 Å². The number of carbonyl (C=O) groups is 1. The van der Waals surface area contributed by atoms with Gasteiger partial charge in [-0.2, -0.15) is 0 Å². The Labute approximate surface area is 145 Å². The molecule has 0 aromatic rings. The molecule has 2 heterocycles. The highest BCUT2D eigenvalue weighted by molar-refractivity contribution is 5.82. The van der Waals surface area contributed by atoms with E-state index in [-0.39, 0.29) is 0 Å². The van der Waals surface area contributed by atoms with Gasteiger partial charge in [-0.05, 0) is 62.4 Å². The van der Waals surface area contributed by atoms with Crippen LogP contribution in [-0.4, -0.2) is 73.5 Å². The summed E-state index contributed by atoms with van der Waals surface area (Å²) >= 11 is 0. The Morgan fingerprint density at radius 1 is 1.04 bits per heavy atom. The molecule has 6 atom stereocenters. The smallest absolute Gasteiger partial charge is 0.226 e. The lowest BCUT2D eigenvalue weighted by molar-refractivity contribution is -0.133. The molecule has 4 nitrogen and oxygen atoms in total. The van der Waals surface area contributed by atoms with Gasteiger partial charge in [0.2, 0.25) is 5.91 Å². The maximum Gasteiger partial charge on any atom is 0.226 e. The van der Waals surface area contributed by atoms with Gasteiger partial charge in [-0.25, -0.2) is 0 Å². The predicted octanol–water partition coefficient (Wildman–Crippen LogP) is 1.54. The second-order valence-electron chi connectivity index (χ2n) is 9.09. The highest BCUT2D eigenvalue weighted by Crippen LogP contribution is 2.53. The van der Waals surface area contributed by atoms with Crippen molar-refractivity contribution in [3.63, 3.8) is 0 Å². The number of nitrogens with zero attached hydrogens (tertiary/aromatic N) is 3. The van der Waals surface area contributed by atoms with Crippen LogP contribution >= 0.6 is 0 Å². The molecule has 0 N–H and O–H groups in total. The first-order valence-corrected chi connectivity index (χ1v) is 10.1. The van der Waals surface area contributed by atoms with E-state index >= 15 is 0 Å². The zero-order valence-corrected chi connectivity index (χ0v) is 14.9. The zero-order chi connectivity index (χ0) is 16.3. The fourth-order valence-corrected chi connectivity index (χ4v) is 6.04. The molecule has 4 heteroatoms. The largest absolute Gasteiger partial charge is 0.341 e. The van der Waals surface area contributed by atoms with Crippen LogP contribution in [0.1, 0.15) is 19.3 Å². The van der Waals surface area contributed by atoms with Gasteiger partial charge in [0, 0.05) is 45.2 Å². The molecule has 1 unspecified atom stereocenters. The van der Waals surface area contributed by atoms with Crippen molar-refractivity contribution in [2.75, 3.05) is 52.9 Å². The first-order chi connectivity index (χ1) is 11.7. The van der Waals surface area contributed by atoms with Gasteiger partial charge in [-0.3, -0.25) is 4.79 Å². The summed E-state index contributed by atoms with van der Waals surface area (Å²) in [5, 5.41) is 0. The molecule has 0 aromatic carbocycles. The Hall–Kier alpha value is -0.870. The van der Waals surface area contributed by atoms with E-state index in [1.807, 2.05) is 0 Å². The minimum absolute atomic E-state index is 0.365. The Morgan fingerprint density at radius 3 is 2.58 bits per heavy atom. The molecular weight excluding hydrogens is 298 g/mol. The van der Waals surface area contributed by atoms with Crippen LogP contribution < -0.4 is 0 Å². The van der Waals surface area contributed by atoms with E-state index in [0.29, 0.717) is 23.7 Å². The van der Waals surface area contributed by atoms with E-state index in [4.69, 9.17) is 0 Å². The molecular formula is C20H31N3O. The standard InChI is InChI=1S/C20H31N3O/c1-21-5-2-6-23(8-7-21)20(24)19-17-12-22(13-18(17)19)11-16-10-14-3-4-15(16)9-14/h3-4,14-19H,2,5-13H2,1H3/t14-,15+,16+,17-,18+,19?/m0/s1. The molecule has 0 aromatic heterocycles. The van der Waals surface area contributed by atoms with Crippen LogP contribution in [0.15, 0.2) is 12.2 Å². The van der Waals surface area contributed by atoms with Crippen molar-refractivity contribution in [2.45, 2.75) is 19.3 Å². The molecule has 3 aliphatic carbocycles. The van der Waals surface area contributed by atoms with Crippen molar-refractivity contribution in [1.29, 1.82) is 0 Å². The van der Waals surface area contributed by atoms with E-state index in [9.17, 15) is 4.79 Å². The van der Waals surface area contributed by atoms with Crippen molar-refractivity contribution < 1.29 is 4.79 Å². The van der Waals surface area contributed by atoms with Gasteiger partial charge in [0.25, 0.3) is 0 Å². The minimum atomic E-state index is 0.365. The van der Waals surface area contributed by atoms with Crippen molar-refractivity contribution >= 4 is 5.91 Å². The fraction of sp³-hybridized carbons (Fsp3) is 0.850. The number of likely N-dealkylation sites (tertiary alicyclic amines) is 1. The molecule has 2 saturated heterocycles. The Balaban J connectivity index is 1.12. The van der Waals surface area contributed by atoms with E-state index < -0.39 is 0 Å². The van der Waals surface area contributed by atoms with E-state index in [0.717, 1.165) is 50.4 Å². The van der Waals surface area contributed by atoms with Crippen molar-refractivity contribution in [3.8, 4) is 0 Å². The van der Waals surface area contributed by atoms with Gasteiger partial charge < -0.3 is 14.7 Å². The van der Waals surface area contributed by atoms with Crippen LogP contribution in [-0.2, 0) is 4.79 Å². The molecule has 0 radical (unpaired) electrons. The SMILES string of the molecule is CN1CCCN(C(=O)C2[C@H]3CN(C[C@H]4C[C@H]5C=C[C@@H]4C5)C[C@@H]23)CC1. The number of fused-ring (bicyclic) bond motifs is 3. The average molecular weight is 329 g/mol. The van der Waals surface area contributed by atoms with Gasteiger partial charge >= 0.3 is 0 Å². The second-order valence-corrected chi connectivity index (χ2v) is 9.09. The summed E-state index contributed by atoms with van der Waals surface area (Å²) in [6.45, 7) is 7.74. The maximum absolute atomic E-state index is 12.9. The summed E-state index contributed by atoms with van der Waals surface area (Å²) in [5.41, 5.74) is 0. The number of amides is 1. The molecule has 1 amide bonds. The quantitative estimate of drug-likeness (QED) is 0.735. The third-order valence-corrected chi connectivity index (χ3v) is 7.50. The summed E-state index contributed by atoms with van der Waals surface area (Å²) in [4.78, 5) is 20.1. The first kappa shape index (κ1) is 15.4. The Bertz CT molecular complexity index is 535. The number of hydrogen-bond acceptors (Lipinski definition) is 3.